The molecule has 0 aliphatic carbocycles. The fourth-order valence-electron chi connectivity index (χ4n) is 4.10. The molecule has 0 aliphatic heterocycles. The molecular formula is C30H28N4S. The Morgan fingerprint density at radius 3 is 2.17 bits per heavy atom. The summed E-state index contributed by atoms with van der Waals surface area (Å²) < 4.78 is 0. The summed E-state index contributed by atoms with van der Waals surface area (Å²) in [7, 11) is 0. The van der Waals surface area contributed by atoms with Gasteiger partial charge in [-0.1, -0.05) is 84.4 Å². The van der Waals surface area contributed by atoms with Crippen molar-refractivity contribution in [1.82, 2.24) is 15.0 Å². The molecule has 0 radical (unpaired) electrons. The van der Waals surface area contributed by atoms with E-state index in [4.69, 9.17) is 9.97 Å². The number of nitrogens with zero attached hydrogens (tertiary/aromatic N) is 3. The van der Waals surface area contributed by atoms with Crippen molar-refractivity contribution >= 4 is 17.2 Å². The molecule has 0 bridgehead atoms. The zero-order valence-corrected chi connectivity index (χ0v) is 21.1. The molecule has 0 atom stereocenters. The van der Waals surface area contributed by atoms with E-state index in [0.29, 0.717) is 6.54 Å². The van der Waals surface area contributed by atoms with E-state index >= 15 is 0 Å². The van der Waals surface area contributed by atoms with Crippen molar-refractivity contribution in [3.8, 4) is 21.8 Å². The molecule has 5 aromatic rings. The van der Waals surface area contributed by atoms with Gasteiger partial charge in [-0.15, -0.1) is 11.3 Å². The van der Waals surface area contributed by atoms with Crippen molar-refractivity contribution in [3.05, 3.63) is 118 Å². The number of thiazole rings is 1. The average Bonchev–Trinajstić information content (AvgIpc) is 3.37. The van der Waals surface area contributed by atoms with Gasteiger partial charge in [-0.2, -0.15) is 0 Å². The van der Waals surface area contributed by atoms with Crippen LogP contribution in [0.3, 0.4) is 0 Å². The summed E-state index contributed by atoms with van der Waals surface area (Å²) in [6, 6.07) is 27.6. The Morgan fingerprint density at radius 1 is 0.714 bits per heavy atom. The van der Waals surface area contributed by atoms with Crippen LogP contribution in [0.15, 0.2) is 84.2 Å². The van der Waals surface area contributed by atoms with Crippen LogP contribution in [0.5, 0.6) is 0 Å². The Kier molecular flexibility index (Phi) is 6.68. The molecule has 0 fully saturated rings. The van der Waals surface area contributed by atoms with Crippen LogP contribution in [0.2, 0.25) is 0 Å². The van der Waals surface area contributed by atoms with Crippen LogP contribution in [0, 0.1) is 20.8 Å². The van der Waals surface area contributed by atoms with Gasteiger partial charge in [0.25, 0.3) is 0 Å². The molecule has 2 aromatic heterocycles. The number of benzene rings is 3. The van der Waals surface area contributed by atoms with Crippen LogP contribution in [0.1, 0.15) is 33.8 Å². The van der Waals surface area contributed by atoms with Crippen molar-refractivity contribution in [2.24, 2.45) is 0 Å². The van der Waals surface area contributed by atoms with Crippen LogP contribution in [-0.2, 0) is 13.0 Å². The van der Waals surface area contributed by atoms with Gasteiger partial charge >= 0.3 is 0 Å². The zero-order valence-electron chi connectivity index (χ0n) is 20.2. The fraction of sp³-hybridized carbons (Fsp3) is 0.167. The third-order valence-electron chi connectivity index (χ3n) is 6.06. The van der Waals surface area contributed by atoms with Crippen LogP contribution in [-0.4, -0.2) is 15.0 Å². The van der Waals surface area contributed by atoms with Gasteiger partial charge in [0, 0.05) is 40.7 Å². The predicted molar refractivity (Wildman–Crippen MR) is 146 cm³/mol. The molecule has 0 amide bonds. The maximum absolute atomic E-state index is 4.84. The minimum Gasteiger partial charge on any atom is -0.366 e. The van der Waals surface area contributed by atoms with Gasteiger partial charge in [-0.05, 0) is 31.9 Å². The Labute approximate surface area is 210 Å². The monoisotopic (exact) mass is 476 g/mol. The van der Waals surface area contributed by atoms with Gasteiger partial charge in [0.05, 0.1) is 5.69 Å². The molecule has 0 aliphatic rings. The van der Waals surface area contributed by atoms with Crippen molar-refractivity contribution < 1.29 is 0 Å². The summed E-state index contributed by atoms with van der Waals surface area (Å²) in [5.41, 5.74) is 9.19. The second-order valence-corrected chi connectivity index (χ2v) is 9.66. The van der Waals surface area contributed by atoms with Gasteiger partial charge < -0.3 is 5.32 Å². The summed E-state index contributed by atoms with van der Waals surface area (Å²) in [4.78, 5) is 14.2. The van der Waals surface area contributed by atoms with E-state index in [1.165, 1.54) is 16.7 Å². The van der Waals surface area contributed by atoms with Gasteiger partial charge in [-0.25, -0.2) is 15.0 Å². The van der Waals surface area contributed by atoms with E-state index in [1.54, 1.807) is 11.3 Å². The summed E-state index contributed by atoms with van der Waals surface area (Å²) in [5, 5.41) is 6.72. The Balaban J connectivity index is 1.30. The lowest BCUT2D eigenvalue weighted by molar-refractivity contribution is 0.946. The van der Waals surface area contributed by atoms with Crippen molar-refractivity contribution in [3.63, 3.8) is 0 Å². The smallest absolute Gasteiger partial charge is 0.133 e. The van der Waals surface area contributed by atoms with Gasteiger partial charge in [0.15, 0.2) is 0 Å². The second-order valence-electron chi connectivity index (χ2n) is 8.80. The molecule has 5 heteroatoms. The van der Waals surface area contributed by atoms with Gasteiger partial charge in [0.1, 0.15) is 16.6 Å². The molecule has 174 valence electrons. The number of nitrogens with one attached hydrogen (secondary N) is 1. The number of aryl methyl sites for hydroxylation is 3. The molecule has 0 unspecified atom stereocenters. The second kappa shape index (κ2) is 10.2. The van der Waals surface area contributed by atoms with E-state index in [2.05, 4.69) is 90.2 Å². The molecule has 0 spiro atoms. The highest BCUT2D eigenvalue weighted by molar-refractivity contribution is 7.13. The van der Waals surface area contributed by atoms with Crippen LogP contribution < -0.4 is 5.32 Å². The quantitative estimate of drug-likeness (QED) is 0.266. The number of rotatable bonds is 7. The number of aromatic nitrogens is 3. The van der Waals surface area contributed by atoms with Crippen molar-refractivity contribution in [1.29, 1.82) is 0 Å². The highest BCUT2D eigenvalue weighted by Crippen LogP contribution is 2.29. The lowest BCUT2D eigenvalue weighted by Crippen LogP contribution is -2.09. The van der Waals surface area contributed by atoms with E-state index in [9.17, 15) is 0 Å². The Morgan fingerprint density at radius 2 is 1.43 bits per heavy atom. The molecule has 4 nitrogen and oxygen atoms in total. The first-order chi connectivity index (χ1) is 17.0. The minimum atomic E-state index is 0.699. The fourth-order valence-corrected chi connectivity index (χ4v) is 4.94. The van der Waals surface area contributed by atoms with Crippen LogP contribution >= 0.6 is 11.3 Å². The Hall–Kier alpha value is -3.83. The first kappa shape index (κ1) is 22.9. The van der Waals surface area contributed by atoms with E-state index in [0.717, 1.165) is 51.1 Å². The standard InChI is InChI=1S/C30H28N4S/c1-20-9-11-23(12-10-20)17-27-21(2)32-22(3)33-29(27)31-18-24-13-15-26(16-14-24)30-34-28(19-35-30)25-7-5-4-6-8-25/h4-16,19H,17-18H2,1-3H3,(H,31,32,33). The summed E-state index contributed by atoms with van der Waals surface area (Å²) >= 11 is 1.68. The first-order valence-electron chi connectivity index (χ1n) is 11.8. The normalized spacial score (nSPS) is 10.9. The predicted octanol–water partition coefficient (Wildman–Crippen LogP) is 7.40. The number of hydrogen-bond donors (Lipinski definition) is 1. The molecule has 0 saturated carbocycles. The van der Waals surface area contributed by atoms with Crippen molar-refractivity contribution in [2.45, 2.75) is 33.7 Å². The van der Waals surface area contributed by atoms with Gasteiger partial charge in [0.2, 0.25) is 0 Å². The third kappa shape index (κ3) is 5.47. The van der Waals surface area contributed by atoms with Crippen molar-refractivity contribution in [2.75, 3.05) is 5.32 Å². The van der Waals surface area contributed by atoms with Crippen LogP contribution in [0.25, 0.3) is 21.8 Å². The van der Waals surface area contributed by atoms with E-state index in [-0.39, 0.29) is 0 Å². The maximum atomic E-state index is 4.84. The lowest BCUT2D eigenvalue weighted by Gasteiger charge is -2.15. The molecule has 35 heavy (non-hydrogen) atoms. The number of hydrogen-bond acceptors (Lipinski definition) is 5. The molecule has 2 heterocycles. The SMILES string of the molecule is Cc1ccc(Cc2c(C)nc(C)nc2NCc2ccc(-c3nc(-c4ccccc4)cs3)cc2)cc1. The van der Waals surface area contributed by atoms with E-state index in [1.807, 2.05) is 25.1 Å². The molecule has 3 aromatic carbocycles. The number of anilines is 1. The minimum absolute atomic E-state index is 0.699. The summed E-state index contributed by atoms with van der Waals surface area (Å²) in [5.74, 6) is 1.69. The molecule has 0 saturated heterocycles. The third-order valence-corrected chi connectivity index (χ3v) is 6.95. The summed E-state index contributed by atoms with van der Waals surface area (Å²) in [6.45, 7) is 6.82. The summed E-state index contributed by atoms with van der Waals surface area (Å²) in [6.07, 6.45) is 0.807. The topological polar surface area (TPSA) is 50.7 Å². The lowest BCUT2D eigenvalue weighted by atomic mass is 10.0. The van der Waals surface area contributed by atoms with E-state index < -0.39 is 0 Å². The first-order valence-corrected chi connectivity index (χ1v) is 12.7. The molecular weight excluding hydrogens is 448 g/mol. The highest BCUT2D eigenvalue weighted by Gasteiger charge is 2.12. The maximum Gasteiger partial charge on any atom is 0.133 e. The van der Waals surface area contributed by atoms with Gasteiger partial charge in [-0.3, -0.25) is 0 Å². The largest absolute Gasteiger partial charge is 0.366 e. The zero-order chi connectivity index (χ0) is 24.2. The highest BCUT2D eigenvalue weighted by atomic mass is 32.1. The Bertz CT molecular complexity index is 1420. The average molecular weight is 477 g/mol. The van der Waals surface area contributed by atoms with Crippen LogP contribution in [0.4, 0.5) is 5.82 Å². The molecule has 1 N–H and O–H groups in total. The molecule has 5 rings (SSSR count).